The zero-order chi connectivity index (χ0) is 15.0. The molecule has 7 nitrogen and oxygen atoms in total. The third-order valence-corrected chi connectivity index (χ3v) is 3.32. The van der Waals surface area contributed by atoms with Gasteiger partial charge < -0.3 is 15.2 Å². The molecule has 0 bridgehead atoms. The van der Waals surface area contributed by atoms with Crippen LogP contribution in [-0.4, -0.2) is 33.7 Å². The van der Waals surface area contributed by atoms with Crippen molar-refractivity contribution in [1.82, 2.24) is 19.5 Å². The van der Waals surface area contributed by atoms with Gasteiger partial charge in [0.15, 0.2) is 11.2 Å². The summed E-state index contributed by atoms with van der Waals surface area (Å²) in [5.41, 5.74) is 7.74. The van der Waals surface area contributed by atoms with Crippen molar-refractivity contribution in [2.45, 2.75) is 0 Å². The lowest BCUT2D eigenvalue weighted by Gasteiger charge is -2.08. The van der Waals surface area contributed by atoms with Crippen molar-refractivity contribution in [2.75, 3.05) is 20.0 Å². The van der Waals surface area contributed by atoms with Crippen molar-refractivity contribution >= 4 is 28.7 Å². The number of rotatable bonds is 3. The second-order valence-electron chi connectivity index (χ2n) is 4.18. The van der Waals surface area contributed by atoms with Gasteiger partial charge in [-0.1, -0.05) is 11.6 Å². The number of halogens is 1. The normalized spacial score (nSPS) is 10.8. The highest BCUT2D eigenvalue weighted by molar-refractivity contribution is 6.32. The molecule has 0 unspecified atom stereocenters. The fraction of sp³-hybridized carbons (Fsp3) is 0.154. The summed E-state index contributed by atoms with van der Waals surface area (Å²) < 4.78 is 12.0. The lowest BCUT2D eigenvalue weighted by atomic mass is 10.3. The van der Waals surface area contributed by atoms with E-state index in [1.54, 1.807) is 23.8 Å². The van der Waals surface area contributed by atoms with Crippen LogP contribution < -0.4 is 15.2 Å². The molecular weight excluding hydrogens is 294 g/mol. The topological polar surface area (TPSA) is 88.1 Å². The maximum Gasteiger partial charge on any atom is 0.245 e. The zero-order valence-corrected chi connectivity index (χ0v) is 12.1. The molecule has 0 atom stereocenters. The number of methoxy groups -OCH3 is 2. The van der Waals surface area contributed by atoms with Crippen LogP contribution in [0.25, 0.3) is 16.9 Å². The number of nitrogen functional groups attached to an aromatic ring is 1. The van der Waals surface area contributed by atoms with Crippen LogP contribution >= 0.6 is 11.6 Å². The minimum Gasteiger partial charge on any atom is -0.495 e. The molecule has 3 rings (SSSR count). The quantitative estimate of drug-likeness (QED) is 0.797. The number of imidazole rings is 1. The summed E-state index contributed by atoms with van der Waals surface area (Å²) in [4.78, 5) is 12.5. The molecule has 108 valence electrons. The molecule has 0 radical (unpaired) electrons. The van der Waals surface area contributed by atoms with Crippen LogP contribution in [0, 0.1) is 0 Å². The minimum atomic E-state index is 0.269. The van der Waals surface area contributed by atoms with Gasteiger partial charge in [-0.05, 0) is 18.2 Å². The van der Waals surface area contributed by atoms with Crippen molar-refractivity contribution in [1.29, 1.82) is 0 Å². The Labute approximate surface area is 125 Å². The molecule has 0 saturated heterocycles. The SMILES string of the molecule is COc1ccc(-n2c(N)nc3c(OC)ncnc32)cc1Cl. The van der Waals surface area contributed by atoms with E-state index >= 15 is 0 Å². The van der Waals surface area contributed by atoms with Crippen LogP contribution in [0.3, 0.4) is 0 Å². The lowest BCUT2D eigenvalue weighted by Crippen LogP contribution is -2.02. The van der Waals surface area contributed by atoms with E-state index in [4.69, 9.17) is 26.8 Å². The van der Waals surface area contributed by atoms with Crippen molar-refractivity contribution in [3.05, 3.63) is 29.5 Å². The van der Waals surface area contributed by atoms with Crippen molar-refractivity contribution in [3.8, 4) is 17.3 Å². The van der Waals surface area contributed by atoms with E-state index < -0.39 is 0 Å². The second-order valence-corrected chi connectivity index (χ2v) is 4.59. The Morgan fingerprint density at radius 2 is 2.00 bits per heavy atom. The zero-order valence-electron chi connectivity index (χ0n) is 11.4. The Balaban J connectivity index is 2.25. The molecule has 0 amide bonds. The number of anilines is 1. The largest absolute Gasteiger partial charge is 0.495 e. The highest BCUT2D eigenvalue weighted by Crippen LogP contribution is 2.30. The first-order valence-corrected chi connectivity index (χ1v) is 6.40. The summed E-state index contributed by atoms with van der Waals surface area (Å²) in [5, 5.41) is 0.470. The average Bonchev–Trinajstić information content (AvgIpc) is 2.82. The highest BCUT2D eigenvalue weighted by Gasteiger charge is 2.16. The van der Waals surface area contributed by atoms with Crippen LogP contribution in [0.5, 0.6) is 11.6 Å². The average molecular weight is 306 g/mol. The third-order valence-electron chi connectivity index (χ3n) is 3.02. The molecule has 0 aliphatic carbocycles. The first-order chi connectivity index (χ1) is 10.2. The second kappa shape index (κ2) is 5.10. The number of ether oxygens (including phenoxy) is 2. The number of aromatic nitrogens is 4. The maximum atomic E-state index is 6.15. The standard InChI is InChI=1S/C13H12ClN5O2/c1-20-9-4-3-7(5-8(9)14)19-11-10(18-13(19)15)12(21-2)17-6-16-11/h3-6H,1-2H3,(H2,15,18). The van der Waals surface area contributed by atoms with Gasteiger partial charge >= 0.3 is 0 Å². The Hall–Kier alpha value is -2.54. The van der Waals surface area contributed by atoms with Gasteiger partial charge in [0.25, 0.3) is 0 Å². The lowest BCUT2D eigenvalue weighted by molar-refractivity contribution is 0.401. The van der Waals surface area contributed by atoms with E-state index in [1.807, 2.05) is 6.07 Å². The van der Waals surface area contributed by atoms with Gasteiger partial charge in [-0.25, -0.2) is 9.97 Å². The Kier molecular flexibility index (Phi) is 3.26. The fourth-order valence-electron chi connectivity index (χ4n) is 2.09. The van der Waals surface area contributed by atoms with Gasteiger partial charge in [-0.3, -0.25) is 4.57 Å². The van der Waals surface area contributed by atoms with E-state index in [9.17, 15) is 0 Å². The number of nitrogens with two attached hydrogens (primary N) is 1. The van der Waals surface area contributed by atoms with E-state index in [0.29, 0.717) is 27.8 Å². The van der Waals surface area contributed by atoms with Gasteiger partial charge in [0, 0.05) is 0 Å². The first-order valence-electron chi connectivity index (χ1n) is 6.02. The molecule has 21 heavy (non-hydrogen) atoms. The van der Waals surface area contributed by atoms with Crippen molar-refractivity contribution in [2.24, 2.45) is 0 Å². The molecule has 2 N–H and O–H groups in total. The number of nitrogens with zero attached hydrogens (tertiary/aromatic N) is 4. The molecule has 0 saturated carbocycles. The fourth-order valence-corrected chi connectivity index (χ4v) is 2.34. The van der Waals surface area contributed by atoms with Gasteiger partial charge in [0.05, 0.1) is 24.9 Å². The predicted octanol–water partition coefficient (Wildman–Crippen LogP) is 2.07. The molecule has 0 aliphatic rings. The molecule has 8 heteroatoms. The van der Waals surface area contributed by atoms with E-state index in [-0.39, 0.29) is 5.95 Å². The molecule has 0 fully saturated rings. The number of hydrogen-bond donors (Lipinski definition) is 1. The van der Waals surface area contributed by atoms with Crippen LogP contribution in [0.2, 0.25) is 5.02 Å². The summed E-state index contributed by atoms with van der Waals surface area (Å²) in [7, 11) is 3.07. The smallest absolute Gasteiger partial charge is 0.245 e. The van der Waals surface area contributed by atoms with E-state index in [0.717, 1.165) is 5.69 Å². The molecule has 1 aromatic carbocycles. The summed E-state index contributed by atoms with van der Waals surface area (Å²) in [6.45, 7) is 0. The molecule has 2 aromatic heterocycles. The number of hydrogen-bond acceptors (Lipinski definition) is 6. The highest BCUT2D eigenvalue weighted by atomic mass is 35.5. The van der Waals surface area contributed by atoms with Crippen molar-refractivity contribution < 1.29 is 9.47 Å². The summed E-state index contributed by atoms with van der Waals surface area (Å²) in [6, 6.07) is 5.30. The molecular formula is C13H12ClN5O2. The Morgan fingerprint density at radius 3 is 2.67 bits per heavy atom. The van der Waals surface area contributed by atoms with Gasteiger partial charge in [0.1, 0.15) is 12.1 Å². The predicted molar refractivity (Wildman–Crippen MR) is 79.2 cm³/mol. The molecule has 2 heterocycles. The number of fused-ring (bicyclic) bond motifs is 1. The van der Waals surface area contributed by atoms with Gasteiger partial charge in [-0.15, -0.1) is 0 Å². The van der Waals surface area contributed by atoms with Gasteiger partial charge in [0.2, 0.25) is 11.8 Å². The monoisotopic (exact) mass is 305 g/mol. The van der Waals surface area contributed by atoms with Crippen molar-refractivity contribution in [3.63, 3.8) is 0 Å². The summed E-state index contributed by atoms with van der Waals surface area (Å²) in [6.07, 6.45) is 1.39. The maximum absolute atomic E-state index is 6.15. The van der Waals surface area contributed by atoms with Crippen LogP contribution in [0.1, 0.15) is 0 Å². The van der Waals surface area contributed by atoms with Gasteiger partial charge in [-0.2, -0.15) is 4.98 Å². The van der Waals surface area contributed by atoms with E-state index in [2.05, 4.69) is 15.0 Å². The van der Waals surface area contributed by atoms with Crippen LogP contribution in [-0.2, 0) is 0 Å². The Bertz CT molecular complexity index is 818. The first kappa shape index (κ1) is 13.4. The van der Waals surface area contributed by atoms with E-state index in [1.165, 1.54) is 13.4 Å². The minimum absolute atomic E-state index is 0.269. The summed E-state index contributed by atoms with van der Waals surface area (Å²) in [5.74, 6) is 1.21. The molecule has 0 spiro atoms. The van der Waals surface area contributed by atoms with Crippen LogP contribution in [0.4, 0.5) is 5.95 Å². The summed E-state index contributed by atoms with van der Waals surface area (Å²) >= 11 is 6.15. The third kappa shape index (κ3) is 2.11. The number of benzene rings is 1. The molecule has 0 aliphatic heterocycles. The Morgan fingerprint density at radius 1 is 1.19 bits per heavy atom. The molecule has 3 aromatic rings. The van der Waals surface area contributed by atoms with Crippen LogP contribution in [0.15, 0.2) is 24.5 Å².